The van der Waals surface area contributed by atoms with Gasteiger partial charge in [-0.1, -0.05) is 48.2 Å². The molecule has 1 aromatic heterocycles. The molecule has 3 aromatic carbocycles. The third-order valence-electron chi connectivity index (χ3n) is 6.06. The summed E-state index contributed by atoms with van der Waals surface area (Å²) in [5.41, 5.74) is 4.48. The SMILES string of the molecule is COc1ccc(C(=O)CSc2nc3c(c(-c4ccc(OC)cc4)c2C#N)-c2ccccc2C3=O)cc1. The second kappa shape index (κ2) is 9.68. The molecule has 0 N–H and O–H groups in total. The number of Topliss-reactive ketones (excluding diaryl/α,β-unsaturated/α-hetero) is 1. The number of rotatable bonds is 7. The van der Waals surface area contributed by atoms with Crippen LogP contribution in [0.15, 0.2) is 77.8 Å². The molecule has 0 saturated heterocycles. The van der Waals surface area contributed by atoms with Gasteiger partial charge in [-0.2, -0.15) is 5.26 Å². The first kappa shape index (κ1) is 23.3. The lowest BCUT2D eigenvalue weighted by Crippen LogP contribution is -2.06. The molecule has 1 aliphatic rings. The van der Waals surface area contributed by atoms with Gasteiger partial charge in [0.1, 0.15) is 28.3 Å². The zero-order chi connectivity index (χ0) is 25.2. The second-order valence-corrected chi connectivity index (χ2v) is 9.01. The average molecular weight is 493 g/mol. The molecule has 7 heteroatoms. The van der Waals surface area contributed by atoms with E-state index < -0.39 is 0 Å². The first-order chi connectivity index (χ1) is 17.5. The van der Waals surface area contributed by atoms with Gasteiger partial charge >= 0.3 is 0 Å². The molecule has 1 aliphatic carbocycles. The summed E-state index contributed by atoms with van der Waals surface area (Å²) in [6.45, 7) is 0. The number of hydrogen-bond acceptors (Lipinski definition) is 7. The van der Waals surface area contributed by atoms with Gasteiger partial charge in [0.15, 0.2) is 5.78 Å². The first-order valence-corrected chi connectivity index (χ1v) is 12.1. The van der Waals surface area contributed by atoms with Crippen molar-refractivity contribution in [1.29, 1.82) is 5.26 Å². The van der Waals surface area contributed by atoms with E-state index in [4.69, 9.17) is 9.47 Å². The molecule has 5 rings (SSSR count). The van der Waals surface area contributed by atoms with E-state index >= 15 is 0 Å². The fraction of sp³-hybridized carbons (Fsp3) is 0.103. The molecule has 176 valence electrons. The van der Waals surface area contributed by atoms with Crippen molar-refractivity contribution in [1.82, 2.24) is 4.98 Å². The number of fused-ring (bicyclic) bond motifs is 3. The van der Waals surface area contributed by atoms with E-state index in [0.717, 1.165) is 22.9 Å². The van der Waals surface area contributed by atoms with E-state index in [2.05, 4.69) is 11.1 Å². The first-order valence-electron chi connectivity index (χ1n) is 11.1. The molecule has 0 bridgehead atoms. The van der Waals surface area contributed by atoms with E-state index in [1.165, 1.54) is 0 Å². The van der Waals surface area contributed by atoms with E-state index in [0.29, 0.717) is 50.0 Å². The summed E-state index contributed by atoms with van der Waals surface area (Å²) in [7, 11) is 3.15. The predicted molar refractivity (Wildman–Crippen MR) is 138 cm³/mol. The minimum atomic E-state index is -0.191. The lowest BCUT2D eigenvalue weighted by Gasteiger charge is -2.15. The minimum absolute atomic E-state index is 0.0655. The van der Waals surface area contributed by atoms with Crippen LogP contribution in [0.2, 0.25) is 0 Å². The van der Waals surface area contributed by atoms with Crippen LogP contribution in [-0.4, -0.2) is 36.5 Å². The number of ketones is 2. The van der Waals surface area contributed by atoms with Gasteiger partial charge in [0.25, 0.3) is 0 Å². The zero-order valence-corrected chi connectivity index (χ0v) is 20.4. The Hall–Kier alpha value is -4.41. The quantitative estimate of drug-likeness (QED) is 0.209. The van der Waals surface area contributed by atoms with Crippen molar-refractivity contribution >= 4 is 23.3 Å². The van der Waals surface area contributed by atoms with Crippen LogP contribution in [0.3, 0.4) is 0 Å². The average Bonchev–Trinajstić information content (AvgIpc) is 3.22. The lowest BCUT2D eigenvalue weighted by atomic mass is 9.93. The normalized spacial score (nSPS) is 11.4. The smallest absolute Gasteiger partial charge is 0.212 e. The molecule has 0 radical (unpaired) electrons. The van der Waals surface area contributed by atoms with E-state index in [9.17, 15) is 14.9 Å². The number of thioether (sulfide) groups is 1. The number of nitriles is 1. The van der Waals surface area contributed by atoms with E-state index in [-0.39, 0.29) is 17.3 Å². The Balaban J connectivity index is 1.61. The van der Waals surface area contributed by atoms with Crippen molar-refractivity contribution in [3.05, 3.63) is 95.2 Å². The van der Waals surface area contributed by atoms with Crippen molar-refractivity contribution in [3.63, 3.8) is 0 Å². The summed E-state index contributed by atoms with van der Waals surface area (Å²) in [6, 6.07) is 23.8. The molecular formula is C29H20N2O4S. The standard InChI is InChI=1S/C29H20N2O4S/c1-34-19-11-7-17(8-12-19)24(32)16-36-29-23(15-30)25(18-9-13-20(35-2)14-10-18)26-21-5-3-4-6-22(21)28(33)27(26)31-29/h3-14H,16H2,1-2H3. The Labute approximate surface area is 212 Å². The highest BCUT2D eigenvalue weighted by atomic mass is 32.2. The lowest BCUT2D eigenvalue weighted by molar-refractivity contribution is 0.101. The van der Waals surface area contributed by atoms with Crippen molar-refractivity contribution in [2.24, 2.45) is 0 Å². The highest BCUT2D eigenvalue weighted by Gasteiger charge is 2.34. The van der Waals surface area contributed by atoms with Gasteiger partial charge in [0.2, 0.25) is 5.78 Å². The monoisotopic (exact) mass is 492 g/mol. The maximum absolute atomic E-state index is 13.3. The number of benzene rings is 3. The minimum Gasteiger partial charge on any atom is -0.497 e. The summed E-state index contributed by atoms with van der Waals surface area (Å²) in [5, 5.41) is 10.6. The van der Waals surface area contributed by atoms with Crippen LogP contribution in [0.5, 0.6) is 11.5 Å². The van der Waals surface area contributed by atoms with Crippen molar-refractivity contribution < 1.29 is 19.1 Å². The Morgan fingerprint density at radius 3 is 2.11 bits per heavy atom. The maximum Gasteiger partial charge on any atom is 0.212 e. The third-order valence-corrected chi connectivity index (χ3v) is 7.04. The fourth-order valence-electron chi connectivity index (χ4n) is 4.27. The van der Waals surface area contributed by atoms with Gasteiger partial charge in [-0.05, 0) is 47.5 Å². The summed E-state index contributed by atoms with van der Waals surface area (Å²) >= 11 is 1.16. The molecule has 0 atom stereocenters. The van der Waals surface area contributed by atoms with Crippen LogP contribution >= 0.6 is 11.8 Å². The molecule has 0 spiro atoms. The van der Waals surface area contributed by atoms with Gasteiger partial charge < -0.3 is 9.47 Å². The van der Waals surface area contributed by atoms with Gasteiger partial charge in [-0.15, -0.1) is 0 Å². The Morgan fingerprint density at radius 2 is 1.50 bits per heavy atom. The summed E-state index contributed by atoms with van der Waals surface area (Å²) in [6.07, 6.45) is 0. The third kappa shape index (κ3) is 4.02. The van der Waals surface area contributed by atoms with Crippen LogP contribution in [-0.2, 0) is 0 Å². The number of nitrogens with zero attached hydrogens (tertiary/aromatic N) is 2. The number of hydrogen-bond donors (Lipinski definition) is 0. The van der Waals surface area contributed by atoms with Crippen LogP contribution < -0.4 is 9.47 Å². The topological polar surface area (TPSA) is 89.3 Å². The molecular weight excluding hydrogens is 472 g/mol. The zero-order valence-electron chi connectivity index (χ0n) is 19.6. The second-order valence-electron chi connectivity index (χ2n) is 8.05. The maximum atomic E-state index is 13.3. The van der Waals surface area contributed by atoms with Gasteiger partial charge in [0, 0.05) is 22.3 Å². The summed E-state index contributed by atoms with van der Waals surface area (Å²) < 4.78 is 10.4. The Bertz CT molecular complexity index is 1540. The van der Waals surface area contributed by atoms with Crippen LogP contribution in [0.1, 0.15) is 32.0 Å². The van der Waals surface area contributed by atoms with Gasteiger partial charge in [-0.25, -0.2) is 4.98 Å². The number of ether oxygens (including phenoxy) is 2. The molecule has 1 heterocycles. The predicted octanol–water partition coefficient (Wildman–Crippen LogP) is 5.82. The largest absolute Gasteiger partial charge is 0.497 e. The number of pyridine rings is 1. The molecule has 0 unspecified atom stereocenters. The van der Waals surface area contributed by atoms with Crippen LogP contribution in [0.4, 0.5) is 0 Å². The van der Waals surface area contributed by atoms with Crippen LogP contribution in [0.25, 0.3) is 22.3 Å². The van der Waals surface area contributed by atoms with Crippen molar-refractivity contribution in [3.8, 4) is 39.8 Å². The number of carbonyl (C=O) groups is 2. The highest BCUT2D eigenvalue weighted by molar-refractivity contribution is 8.00. The molecule has 0 aliphatic heterocycles. The summed E-state index contributed by atoms with van der Waals surface area (Å²) in [4.78, 5) is 30.8. The molecule has 0 saturated carbocycles. The van der Waals surface area contributed by atoms with Crippen molar-refractivity contribution in [2.75, 3.05) is 20.0 Å². The molecule has 36 heavy (non-hydrogen) atoms. The number of methoxy groups -OCH3 is 2. The Morgan fingerprint density at radius 1 is 0.889 bits per heavy atom. The molecule has 4 aromatic rings. The van der Waals surface area contributed by atoms with Crippen molar-refractivity contribution in [2.45, 2.75) is 5.03 Å². The fourth-order valence-corrected chi connectivity index (χ4v) is 5.15. The highest BCUT2D eigenvalue weighted by Crippen LogP contribution is 2.46. The number of aromatic nitrogens is 1. The molecule has 6 nitrogen and oxygen atoms in total. The number of carbonyl (C=O) groups excluding carboxylic acids is 2. The van der Waals surface area contributed by atoms with Gasteiger partial charge in [-0.3, -0.25) is 9.59 Å². The molecule has 0 fully saturated rings. The molecule has 0 amide bonds. The van der Waals surface area contributed by atoms with E-state index in [1.807, 2.05) is 42.5 Å². The van der Waals surface area contributed by atoms with E-state index in [1.54, 1.807) is 44.6 Å². The summed E-state index contributed by atoms with van der Waals surface area (Å²) in [5.74, 6) is 1.10. The Kier molecular flexibility index (Phi) is 6.28. The van der Waals surface area contributed by atoms with Gasteiger partial charge in [0.05, 0.1) is 25.5 Å². The van der Waals surface area contributed by atoms with Crippen LogP contribution in [0, 0.1) is 11.3 Å².